The summed E-state index contributed by atoms with van der Waals surface area (Å²) in [7, 11) is -2.08. The van der Waals surface area contributed by atoms with E-state index in [1.165, 1.54) is 7.11 Å². The number of hydrogen-bond acceptors (Lipinski definition) is 4. The molecule has 0 aliphatic carbocycles. The first kappa shape index (κ1) is 16.1. The quantitative estimate of drug-likeness (QED) is 0.762. The van der Waals surface area contributed by atoms with Crippen molar-refractivity contribution in [2.45, 2.75) is 19.4 Å². The van der Waals surface area contributed by atoms with Crippen molar-refractivity contribution in [2.24, 2.45) is 0 Å². The largest absolute Gasteiger partial charge is 0.469 e. The predicted octanol–water partition coefficient (Wildman–Crippen LogP) is 1.82. The van der Waals surface area contributed by atoms with Gasteiger partial charge in [-0.05, 0) is 24.1 Å². The molecule has 0 saturated heterocycles. The zero-order chi connectivity index (χ0) is 14.3. The van der Waals surface area contributed by atoms with E-state index in [4.69, 9.17) is 0 Å². The van der Waals surface area contributed by atoms with E-state index >= 15 is 0 Å². The van der Waals surface area contributed by atoms with Gasteiger partial charge in [-0.15, -0.1) is 0 Å². The van der Waals surface area contributed by atoms with Gasteiger partial charge in [-0.25, -0.2) is 13.1 Å². The van der Waals surface area contributed by atoms with E-state index in [1.807, 2.05) is 24.3 Å². The molecule has 1 aromatic rings. The van der Waals surface area contributed by atoms with E-state index in [0.717, 1.165) is 10.0 Å². The number of methoxy groups -OCH3 is 1. The summed E-state index contributed by atoms with van der Waals surface area (Å²) in [5, 5.41) is 0. The minimum absolute atomic E-state index is 0.0847. The number of sulfonamides is 1. The molecule has 19 heavy (non-hydrogen) atoms. The fourth-order valence-electron chi connectivity index (χ4n) is 1.38. The third kappa shape index (κ3) is 6.70. The van der Waals surface area contributed by atoms with Crippen molar-refractivity contribution < 1.29 is 17.9 Å². The number of nitrogens with one attached hydrogen (secondary N) is 1. The average molecular weight is 350 g/mol. The van der Waals surface area contributed by atoms with Gasteiger partial charge in [-0.3, -0.25) is 4.79 Å². The standard InChI is InChI=1S/C12H16BrNO4S/c1-18-12(15)3-2-8-19(16,17)14-9-10-4-6-11(13)7-5-10/h4-7,14H,2-3,8-9H2,1H3. The lowest BCUT2D eigenvalue weighted by molar-refractivity contribution is -0.140. The van der Waals surface area contributed by atoms with Crippen molar-refractivity contribution in [1.82, 2.24) is 4.72 Å². The van der Waals surface area contributed by atoms with Crippen LogP contribution in [0.4, 0.5) is 0 Å². The molecule has 0 aliphatic heterocycles. The Bertz CT molecular complexity index is 513. The van der Waals surface area contributed by atoms with Gasteiger partial charge in [0.1, 0.15) is 0 Å². The molecule has 106 valence electrons. The second-order valence-corrected chi connectivity index (χ2v) is 6.79. The molecule has 0 aliphatic rings. The molecule has 0 radical (unpaired) electrons. The first-order valence-corrected chi connectivity index (χ1v) is 8.16. The molecule has 1 N–H and O–H groups in total. The lowest BCUT2D eigenvalue weighted by atomic mass is 10.2. The molecular weight excluding hydrogens is 334 g/mol. The van der Waals surface area contributed by atoms with Crippen molar-refractivity contribution in [3.05, 3.63) is 34.3 Å². The Morgan fingerprint density at radius 3 is 2.53 bits per heavy atom. The molecule has 0 unspecified atom stereocenters. The Morgan fingerprint density at radius 1 is 1.32 bits per heavy atom. The van der Waals surface area contributed by atoms with Crippen LogP contribution in [0.3, 0.4) is 0 Å². The van der Waals surface area contributed by atoms with Gasteiger partial charge in [0.05, 0.1) is 12.9 Å². The number of esters is 1. The second-order valence-electron chi connectivity index (χ2n) is 3.95. The molecule has 7 heteroatoms. The molecule has 0 spiro atoms. The van der Waals surface area contributed by atoms with E-state index in [1.54, 1.807) is 0 Å². The van der Waals surface area contributed by atoms with Crippen molar-refractivity contribution >= 4 is 31.9 Å². The highest BCUT2D eigenvalue weighted by molar-refractivity contribution is 9.10. The highest BCUT2D eigenvalue weighted by Gasteiger charge is 2.11. The summed E-state index contributed by atoms with van der Waals surface area (Å²) >= 11 is 3.31. The second kappa shape index (κ2) is 7.62. The molecule has 0 bridgehead atoms. The number of benzene rings is 1. The smallest absolute Gasteiger partial charge is 0.305 e. The van der Waals surface area contributed by atoms with Crippen LogP contribution < -0.4 is 4.72 Å². The van der Waals surface area contributed by atoms with Crippen LogP contribution in [0, 0.1) is 0 Å². The molecule has 0 heterocycles. The molecular formula is C12H16BrNO4S. The molecule has 0 amide bonds. The summed E-state index contributed by atoms with van der Waals surface area (Å²) < 4.78 is 31.2. The van der Waals surface area contributed by atoms with Crippen molar-refractivity contribution in [2.75, 3.05) is 12.9 Å². The van der Waals surface area contributed by atoms with Crippen molar-refractivity contribution in [1.29, 1.82) is 0 Å². The molecule has 5 nitrogen and oxygen atoms in total. The number of rotatable bonds is 7. The van der Waals surface area contributed by atoms with Crippen LogP contribution in [-0.4, -0.2) is 27.2 Å². The zero-order valence-electron chi connectivity index (χ0n) is 10.6. The van der Waals surface area contributed by atoms with Gasteiger partial charge >= 0.3 is 5.97 Å². The monoisotopic (exact) mass is 349 g/mol. The van der Waals surface area contributed by atoms with E-state index in [-0.39, 0.29) is 25.1 Å². The van der Waals surface area contributed by atoms with Crippen LogP contribution in [0.25, 0.3) is 0 Å². The van der Waals surface area contributed by atoms with Gasteiger partial charge in [-0.1, -0.05) is 28.1 Å². The summed E-state index contributed by atoms with van der Waals surface area (Å²) in [5.41, 5.74) is 0.875. The third-order valence-electron chi connectivity index (χ3n) is 2.43. The third-order valence-corrected chi connectivity index (χ3v) is 4.37. The summed E-state index contributed by atoms with van der Waals surface area (Å²) in [4.78, 5) is 10.9. The van der Waals surface area contributed by atoms with Crippen molar-refractivity contribution in [3.63, 3.8) is 0 Å². The van der Waals surface area contributed by atoms with E-state index in [2.05, 4.69) is 25.4 Å². The summed E-state index contributed by atoms with van der Waals surface area (Å²) in [5.74, 6) is -0.485. The van der Waals surface area contributed by atoms with Crippen LogP contribution in [0.2, 0.25) is 0 Å². The van der Waals surface area contributed by atoms with Gasteiger partial charge in [0.2, 0.25) is 10.0 Å². The molecule has 0 atom stereocenters. The Balaban J connectivity index is 2.38. The number of carbonyl (C=O) groups is 1. The van der Waals surface area contributed by atoms with Crippen LogP contribution in [-0.2, 0) is 26.1 Å². The summed E-state index contributed by atoms with van der Waals surface area (Å²) in [6.07, 6.45) is 0.359. The highest BCUT2D eigenvalue weighted by Crippen LogP contribution is 2.10. The molecule has 0 fully saturated rings. The number of hydrogen-bond donors (Lipinski definition) is 1. The number of carbonyl (C=O) groups excluding carboxylic acids is 1. The Kier molecular flexibility index (Phi) is 6.47. The molecule has 0 aromatic heterocycles. The van der Waals surface area contributed by atoms with Crippen LogP contribution in [0.5, 0.6) is 0 Å². The van der Waals surface area contributed by atoms with Crippen molar-refractivity contribution in [3.8, 4) is 0 Å². The minimum Gasteiger partial charge on any atom is -0.469 e. The SMILES string of the molecule is COC(=O)CCCS(=O)(=O)NCc1ccc(Br)cc1. The minimum atomic E-state index is -3.36. The zero-order valence-corrected chi connectivity index (χ0v) is 13.0. The lowest BCUT2D eigenvalue weighted by Gasteiger charge is -2.06. The van der Waals surface area contributed by atoms with Crippen LogP contribution in [0.15, 0.2) is 28.7 Å². The predicted molar refractivity (Wildman–Crippen MR) is 76.0 cm³/mol. The van der Waals surface area contributed by atoms with E-state index < -0.39 is 16.0 Å². The topological polar surface area (TPSA) is 72.5 Å². The molecule has 1 aromatic carbocycles. The average Bonchev–Trinajstić information content (AvgIpc) is 2.38. The fourth-order valence-corrected chi connectivity index (χ4v) is 2.70. The fraction of sp³-hybridized carbons (Fsp3) is 0.417. The maximum Gasteiger partial charge on any atom is 0.305 e. The van der Waals surface area contributed by atoms with E-state index in [0.29, 0.717) is 0 Å². The van der Waals surface area contributed by atoms with Gasteiger partial charge in [0.25, 0.3) is 0 Å². The normalized spacial score (nSPS) is 11.3. The highest BCUT2D eigenvalue weighted by atomic mass is 79.9. The number of halogens is 1. The van der Waals surface area contributed by atoms with Gasteiger partial charge in [-0.2, -0.15) is 0 Å². The lowest BCUT2D eigenvalue weighted by Crippen LogP contribution is -2.26. The van der Waals surface area contributed by atoms with E-state index in [9.17, 15) is 13.2 Å². The first-order chi connectivity index (χ1) is 8.93. The summed E-state index contributed by atoms with van der Waals surface area (Å²) in [6, 6.07) is 7.36. The Morgan fingerprint density at radius 2 is 1.95 bits per heavy atom. The van der Waals surface area contributed by atoms with Gasteiger partial charge < -0.3 is 4.74 Å². The first-order valence-electron chi connectivity index (χ1n) is 5.71. The molecule has 1 rings (SSSR count). The van der Waals surface area contributed by atoms with Gasteiger partial charge in [0, 0.05) is 17.4 Å². The molecule has 0 saturated carbocycles. The summed E-state index contributed by atoms with van der Waals surface area (Å²) in [6.45, 7) is 0.244. The van der Waals surface area contributed by atoms with Gasteiger partial charge in [0.15, 0.2) is 0 Å². The van der Waals surface area contributed by atoms with Crippen LogP contribution in [0.1, 0.15) is 18.4 Å². The Hall–Kier alpha value is -0.920. The maximum atomic E-state index is 11.7. The maximum absolute atomic E-state index is 11.7. The number of ether oxygens (including phenoxy) is 1. The van der Waals surface area contributed by atoms with Crippen LogP contribution >= 0.6 is 15.9 Å². The Labute approximate surface area is 121 Å².